The number of amides is 1. The Kier molecular flexibility index (Phi) is 4.56. The molecule has 86 valence electrons. The molecule has 0 aliphatic rings. The largest absolute Gasteiger partial charge is 0.383 e. The molecule has 0 unspecified atom stereocenters. The van der Waals surface area contributed by atoms with E-state index in [9.17, 15) is 4.79 Å². The highest BCUT2D eigenvalue weighted by atomic mass is 79.9. The Balaban J connectivity index is 3.27. The van der Waals surface area contributed by atoms with Crippen molar-refractivity contribution in [2.45, 2.75) is 0 Å². The van der Waals surface area contributed by atoms with Gasteiger partial charge < -0.3 is 10.6 Å². The maximum Gasteiger partial charge on any atom is 0.250 e. The summed E-state index contributed by atoms with van der Waals surface area (Å²) in [5, 5.41) is 0. The number of halogens is 2. The topological polar surface area (TPSA) is 46.3 Å². The monoisotopic (exact) mass is 346 g/mol. The summed E-state index contributed by atoms with van der Waals surface area (Å²) in [6.07, 6.45) is 1.70. The zero-order valence-electron chi connectivity index (χ0n) is 9.00. The molecule has 1 amide bonds. The van der Waals surface area contributed by atoms with E-state index >= 15 is 0 Å². The molecule has 1 aromatic rings. The fraction of sp³-hybridized carbons (Fsp3) is 0.182. The highest BCUT2D eigenvalue weighted by Gasteiger charge is 2.12. The molecule has 0 radical (unpaired) electrons. The van der Waals surface area contributed by atoms with Crippen molar-refractivity contribution in [3.8, 4) is 0 Å². The average Bonchev–Trinajstić information content (AvgIpc) is 2.14. The normalized spacial score (nSPS) is 11.4. The van der Waals surface area contributed by atoms with Gasteiger partial charge in [0.2, 0.25) is 0 Å². The lowest BCUT2D eigenvalue weighted by Gasteiger charge is -2.11. The Morgan fingerprint density at radius 1 is 1.38 bits per heavy atom. The van der Waals surface area contributed by atoms with Crippen molar-refractivity contribution >= 4 is 43.3 Å². The highest BCUT2D eigenvalue weighted by Crippen LogP contribution is 2.27. The van der Waals surface area contributed by atoms with Gasteiger partial charge in [-0.15, -0.1) is 0 Å². The summed E-state index contributed by atoms with van der Waals surface area (Å²) in [6, 6.07) is 5.59. The van der Waals surface area contributed by atoms with Crippen LogP contribution in [0.4, 0.5) is 0 Å². The van der Waals surface area contributed by atoms with Gasteiger partial charge in [0.25, 0.3) is 5.91 Å². The summed E-state index contributed by atoms with van der Waals surface area (Å²) >= 11 is 6.77. The number of carbonyl (C=O) groups is 1. The third kappa shape index (κ3) is 3.35. The molecule has 2 N–H and O–H groups in total. The lowest BCUT2D eigenvalue weighted by molar-refractivity contribution is -0.112. The minimum absolute atomic E-state index is 0.447. The predicted molar refractivity (Wildman–Crippen MR) is 72.7 cm³/mol. The molecule has 0 aliphatic carbocycles. The van der Waals surface area contributed by atoms with E-state index in [2.05, 4.69) is 31.9 Å². The lowest BCUT2D eigenvalue weighted by atomic mass is 10.1. The quantitative estimate of drug-likeness (QED) is 0.854. The lowest BCUT2D eigenvalue weighted by Crippen LogP contribution is -2.16. The summed E-state index contributed by atoms with van der Waals surface area (Å²) in [5.74, 6) is -0.447. The van der Waals surface area contributed by atoms with Gasteiger partial charge in [0, 0.05) is 34.8 Å². The molecule has 1 rings (SSSR count). The molecule has 0 aromatic heterocycles. The maximum absolute atomic E-state index is 11.4. The molecule has 3 nitrogen and oxygen atoms in total. The van der Waals surface area contributed by atoms with Crippen molar-refractivity contribution < 1.29 is 4.79 Å². The van der Waals surface area contributed by atoms with Crippen molar-refractivity contribution in [2.75, 3.05) is 14.1 Å². The molecule has 5 heteroatoms. The van der Waals surface area contributed by atoms with Crippen molar-refractivity contribution in [1.29, 1.82) is 0 Å². The van der Waals surface area contributed by atoms with Crippen LogP contribution in [-0.2, 0) is 4.79 Å². The molecular formula is C11H12Br2N2O. The van der Waals surface area contributed by atoms with Gasteiger partial charge in [0.1, 0.15) is 0 Å². The van der Waals surface area contributed by atoms with Crippen molar-refractivity contribution in [3.05, 3.63) is 38.9 Å². The van der Waals surface area contributed by atoms with Crippen LogP contribution in [0.2, 0.25) is 0 Å². The van der Waals surface area contributed by atoms with Crippen LogP contribution in [-0.4, -0.2) is 24.9 Å². The fourth-order valence-electron chi connectivity index (χ4n) is 1.23. The Labute approximate surface area is 112 Å². The van der Waals surface area contributed by atoms with Crippen LogP contribution in [0.5, 0.6) is 0 Å². The summed E-state index contributed by atoms with van der Waals surface area (Å²) in [7, 11) is 3.69. The van der Waals surface area contributed by atoms with Crippen molar-refractivity contribution in [2.24, 2.45) is 5.73 Å². The van der Waals surface area contributed by atoms with E-state index in [1.54, 1.807) is 11.1 Å². The molecule has 0 bridgehead atoms. The van der Waals surface area contributed by atoms with E-state index in [1.807, 2.05) is 32.3 Å². The first-order chi connectivity index (χ1) is 7.41. The average molecular weight is 348 g/mol. The van der Waals surface area contributed by atoms with Crippen LogP contribution in [0, 0.1) is 0 Å². The number of hydrogen-bond donors (Lipinski definition) is 1. The van der Waals surface area contributed by atoms with Gasteiger partial charge in [-0.2, -0.15) is 0 Å². The summed E-state index contributed by atoms with van der Waals surface area (Å²) in [6.45, 7) is 0. The Hall–Kier alpha value is -0.810. The van der Waals surface area contributed by atoms with Crippen LogP contribution in [0.15, 0.2) is 33.3 Å². The zero-order chi connectivity index (χ0) is 12.3. The molecular weight excluding hydrogens is 336 g/mol. The summed E-state index contributed by atoms with van der Waals surface area (Å²) in [5.41, 5.74) is 6.62. The molecule has 0 heterocycles. The smallest absolute Gasteiger partial charge is 0.250 e. The Morgan fingerprint density at radius 2 is 2.00 bits per heavy atom. The first-order valence-electron chi connectivity index (χ1n) is 4.55. The number of benzene rings is 1. The van der Waals surface area contributed by atoms with Crippen LogP contribution >= 0.6 is 31.9 Å². The third-order valence-electron chi connectivity index (χ3n) is 1.87. The third-order valence-corrected chi connectivity index (χ3v) is 3.02. The van der Waals surface area contributed by atoms with Gasteiger partial charge in [0.15, 0.2) is 0 Å². The minimum Gasteiger partial charge on any atom is -0.383 e. The summed E-state index contributed by atoms with van der Waals surface area (Å²) < 4.78 is 1.77. The van der Waals surface area contributed by atoms with Crippen molar-refractivity contribution in [3.63, 3.8) is 0 Å². The standard InChI is InChI=1S/C11H12Br2N2O/c1-15(2)6-9(11(14)16)8-4-3-7(12)5-10(8)13/h3-6H,1-2H3,(H2,14,16). The first-order valence-corrected chi connectivity index (χ1v) is 6.14. The number of nitrogens with zero attached hydrogens (tertiary/aromatic N) is 1. The molecule has 0 spiro atoms. The van der Waals surface area contributed by atoms with Gasteiger partial charge in [-0.05, 0) is 12.1 Å². The van der Waals surface area contributed by atoms with Gasteiger partial charge in [0.05, 0.1) is 5.57 Å². The van der Waals surface area contributed by atoms with E-state index in [0.717, 1.165) is 14.5 Å². The van der Waals surface area contributed by atoms with Gasteiger partial charge in [-0.25, -0.2) is 0 Å². The number of rotatable bonds is 3. The maximum atomic E-state index is 11.4. The van der Waals surface area contributed by atoms with E-state index in [1.165, 1.54) is 0 Å². The van der Waals surface area contributed by atoms with Crippen LogP contribution < -0.4 is 5.73 Å². The Bertz CT molecular complexity index is 442. The second-order valence-corrected chi connectivity index (χ2v) is 5.26. The van der Waals surface area contributed by atoms with Gasteiger partial charge in [-0.1, -0.05) is 37.9 Å². The van der Waals surface area contributed by atoms with Gasteiger partial charge >= 0.3 is 0 Å². The summed E-state index contributed by atoms with van der Waals surface area (Å²) in [4.78, 5) is 13.2. The van der Waals surface area contributed by atoms with E-state index < -0.39 is 5.91 Å². The van der Waals surface area contributed by atoms with E-state index in [0.29, 0.717) is 5.57 Å². The fourth-order valence-corrected chi connectivity index (χ4v) is 2.49. The second-order valence-electron chi connectivity index (χ2n) is 3.49. The number of nitrogens with two attached hydrogens (primary N) is 1. The Morgan fingerprint density at radius 3 is 2.44 bits per heavy atom. The number of carbonyl (C=O) groups excluding carboxylic acids is 1. The predicted octanol–water partition coefficient (Wildman–Crippen LogP) is 2.60. The molecule has 1 aromatic carbocycles. The van der Waals surface area contributed by atoms with Crippen LogP contribution in [0.25, 0.3) is 5.57 Å². The van der Waals surface area contributed by atoms with Crippen LogP contribution in [0.1, 0.15) is 5.56 Å². The number of hydrogen-bond acceptors (Lipinski definition) is 2. The van der Waals surface area contributed by atoms with Gasteiger partial charge in [-0.3, -0.25) is 4.79 Å². The van der Waals surface area contributed by atoms with Crippen molar-refractivity contribution in [1.82, 2.24) is 4.90 Å². The molecule has 0 aliphatic heterocycles. The SMILES string of the molecule is CN(C)C=C(C(N)=O)c1ccc(Br)cc1Br. The highest BCUT2D eigenvalue weighted by molar-refractivity contribution is 9.11. The van der Waals surface area contributed by atoms with E-state index in [-0.39, 0.29) is 0 Å². The zero-order valence-corrected chi connectivity index (χ0v) is 12.2. The molecule has 0 atom stereocenters. The second kappa shape index (κ2) is 5.50. The van der Waals surface area contributed by atoms with E-state index in [4.69, 9.17) is 5.73 Å². The van der Waals surface area contributed by atoms with Crippen LogP contribution in [0.3, 0.4) is 0 Å². The molecule has 0 fully saturated rings. The molecule has 0 saturated carbocycles. The minimum atomic E-state index is -0.447. The first kappa shape index (κ1) is 13.3. The number of primary amides is 1. The molecule has 0 saturated heterocycles. The molecule has 16 heavy (non-hydrogen) atoms.